The van der Waals surface area contributed by atoms with Crippen LogP contribution in [0.3, 0.4) is 0 Å². The number of aryl methyl sites for hydroxylation is 1. The molecule has 0 spiro atoms. The summed E-state index contributed by atoms with van der Waals surface area (Å²) in [6.45, 7) is 3.80. The van der Waals surface area contributed by atoms with Gasteiger partial charge in [0.1, 0.15) is 0 Å². The summed E-state index contributed by atoms with van der Waals surface area (Å²) >= 11 is 0. The lowest BCUT2D eigenvalue weighted by Gasteiger charge is -2.35. The minimum absolute atomic E-state index is 0.227. The summed E-state index contributed by atoms with van der Waals surface area (Å²) in [7, 11) is 0. The van der Waals surface area contributed by atoms with E-state index in [4.69, 9.17) is 0 Å². The van der Waals surface area contributed by atoms with Crippen molar-refractivity contribution in [1.29, 1.82) is 0 Å². The molecule has 1 fully saturated rings. The molecule has 2 aromatic rings. The number of rotatable bonds is 4. The van der Waals surface area contributed by atoms with Gasteiger partial charge < -0.3 is 5.32 Å². The van der Waals surface area contributed by atoms with Gasteiger partial charge in [0.25, 0.3) is 5.91 Å². The second-order valence-corrected chi connectivity index (χ2v) is 6.53. The van der Waals surface area contributed by atoms with E-state index >= 15 is 0 Å². The zero-order valence-corrected chi connectivity index (χ0v) is 14.8. The van der Waals surface area contributed by atoms with Gasteiger partial charge in [-0.3, -0.25) is 24.7 Å². The van der Waals surface area contributed by atoms with E-state index in [1.807, 2.05) is 26.0 Å². The smallest absolute Gasteiger partial charge is 0.257 e. The quantitative estimate of drug-likeness (QED) is 0.829. The summed E-state index contributed by atoms with van der Waals surface area (Å²) in [5, 5.41) is 5.26. The predicted octanol–water partition coefficient (Wildman–Crippen LogP) is 2.73. The number of hydrogen-bond acceptors (Lipinski definition) is 4. The molecule has 0 aliphatic carbocycles. The maximum atomic E-state index is 12.4. The first-order valence-electron chi connectivity index (χ1n) is 8.63. The molecule has 2 N–H and O–H groups in total. The number of imide groups is 1. The number of amides is 3. The molecule has 1 aromatic carbocycles. The zero-order chi connectivity index (χ0) is 18.7. The van der Waals surface area contributed by atoms with Crippen LogP contribution in [-0.2, 0) is 15.0 Å². The van der Waals surface area contributed by atoms with Crippen LogP contribution in [-0.4, -0.2) is 22.7 Å². The number of nitrogens with one attached hydrogen (secondary N) is 2. The lowest BCUT2D eigenvalue weighted by Crippen LogP contribution is -2.51. The minimum Gasteiger partial charge on any atom is -0.322 e. The molecule has 26 heavy (non-hydrogen) atoms. The van der Waals surface area contributed by atoms with E-state index in [0.29, 0.717) is 30.5 Å². The normalized spacial score (nSPS) is 19.8. The highest BCUT2D eigenvalue weighted by molar-refractivity contribution is 6.05. The number of hydrogen-bond donors (Lipinski definition) is 2. The Balaban J connectivity index is 1.77. The van der Waals surface area contributed by atoms with Crippen molar-refractivity contribution < 1.29 is 14.4 Å². The second kappa shape index (κ2) is 7.07. The summed E-state index contributed by atoms with van der Waals surface area (Å²) in [4.78, 5) is 40.3. The van der Waals surface area contributed by atoms with Gasteiger partial charge >= 0.3 is 0 Å². The standard InChI is InChI=1S/C20H21N3O3/c1-3-20(11-10-17(24)23-19(20)26)15-6-8-16(9-7-15)22-18(25)14-5-4-13(2)21-12-14/h4-9,12H,3,10-11H2,1-2H3,(H,22,25)(H,23,24,26). The topological polar surface area (TPSA) is 88.2 Å². The summed E-state index contributed by atoms with van der Waals surface area (Å²) in [6, 6.07) is 10.7. The number of pyridine rings is 1. The molecule has 6 nitrogen and oxygen atoms in total. The van der Waals surface area contributed by atoms with Crippen molar-refractivity contribution in [2.45, 2.75) is 38.5 Å². The van der Waals surface area contributed by atoms with Gasteiger partial charge in [0.2, 0.25) is 11.8 Å². The van der Waals surface area contributed by atoms with E-state index in [0.717, 1.165) is 11.3 Å². The first-order chi connectivity index (χ1) is 12.4. The van der Waals surface area contributed by atoms with E-state index in [2.05, 4.69) is 15.6 Å². The first kappa shape index (κ1) is 17.8. The third-order valence-corrected chi connectivity index (χ3v) is 4.94. The van der Waals surface area contributed by atoms with Crippen LogP contribution in [0.1, 0.15) is 47.8 Å². The van der Waals surface area contributed by atoms with Gasteiger partial charge in [0.05, 0.1) is 11.0 Å². The van der Waals surface area contributed by atoms with Crippen molar-refractivity contribution in [3.8, 4) is 0 Å². The van der Waals surface area contributed by atoms with Crippen LogP contribution in [0.4, 0.5) is 5.69 Å². The van der Waals surface area contributed by atoms with E-state index < -0.39 is 5.41 Å². The van der Waals surface area contributed by atoms with Crippen molar-refractivity contribution >= 4 is 23.4 Å². The molecule has 0 radical (unpaired) electrons. The lowest BCUT2D eigenvalue weighted by molar-refractivity contribution is -0.138. The third-order valence-electron chi connectivity index (χ3n) is 4.94. The average molecular weight is 351 g/mol. The van der Waals surface area contributed by atoms with E-state index in [-0.39, 0.29) is 17.7 Å². The van der Waals surface area contributed by atoms with Gasteiger partial charge in [-0.2, -0.15) is 0 Å². The highest BCUT2D eigenvalue weighted by Crippen LogP contribution is 2.36. The Labute approximate surface area is 152 Å². The second-order valence-electron chi connectivity index (χ2n) is 6.53. The molecule has 0 saturated carbocycles. The number of anilines is 1. The highest BCUT2D eigenvalue weighted by atomic mass is 16.2. The number of benzene rings is 1. The summed E-state index contributed by atoms with van der Waals surface area (Å²) in [5.74, 6) is -0.718. The maximum absolute atomic E-state index is 12.4. The Hall–Kier alpha value is -3.02. The molecule has 1 aliphatic heterocycles. The summed E-state index contributed by atoms with van der Waals surface area (Å²) in [5.41, 5.74) is 2.12. The van der Waals surface area contributed by atoms with Gasteiger partial charge in [-0.1, -0.05) is 19.1 Å². The molecule has 3 amide bonds. The average Bonchev–Trinajstić information content (AvgIpc) is 2.64. The number of piperidine rings is 1. The Kier molecular flexibility index (Phi) is 4.84. The molecule has 1 saturated heterocycles. The fourth-order valence-corrected chi connectivity index (χ4v) is 3.24. The molecule has 1 aliphatic rings. The molecular formula is C20H21N3O3. The molecule has 3 rings (SSSR count). The largest absolute Gasteiger partial charge is 0.322 e. The van der Waals surface area contributed by atoms with Crippen molar-refractivity contribution in [3.05, 3.63) is 59.4 Å². The first-order valence-corrected chi connectivity index (χ1v) is 8.63. The Morgan fingerprint density at radius 2 is 1.92 bits per heavy atom. The van der Waals surface area contributed by atoms with Crippen LogP contribution in [0.5, 0.6) is 0 Å². The number of aromatic nitrogens is 1. The predicted molar refractivity (Wildman–Crippen MR) is 97.7 cm³/mol. The van der Waals surface area contributed by atoms with E-state index in [1.165, 1.54) is 6.20 Å². The van der Waals surface area contributed by atoms with Crippen molar-refractivity contribution in [3.63, 3.8) is 0 Å². The van der Waals surface area contributed by atoms with Crippen LogP contribution in [0.15, 0.2) is 42.6 Å². The van der Waals surface area contributed by atoms with Crippen molar-refractivity contribution in [1.82, 2.24) is 10.3 Å². The van der Waals surface area contributed by atoms with Crippen LogP contribution >= 0.6 is 0 Å². The molecule has 0 bridgehead atoms. The van der Waals surface area contributed by atoms with Gasteiger partial charge in [0.15, 0.2) is 0 Å². The van der Waals surface area contributed by atoms with Gasteiger partial charge in [-0.05, 0) is 49.6 Å². The van der Waals surface area contributed by atoms with E-state index in [9.17, 15) is 14.4 Å². The number of nitrogens with zero attached hydrogens (tertiary/aromatic N) is 1. The number of carbonyl (C=O) groups excluding carboxylic acids is 3. The maximum Gasteiger partial charge on any atom is 0.257 e. The van der Waals surface area contributed by atoms with Crippen LogP contribution in [0.2, 0.25) is 0 Å². The monoisotopic (exact) mass is 351 g/mol. The fourth-order valence-electron chi connectivity index (χ4n) is 3.24. The fraction of sp³-hybridized carbons (Fsp3) is 0.300. The molecular weight excluding hydrogens is 330 g/mol. The van der Waals surface area contributed by atoms with Gasteiger partial charge in [-0.15, -0.1) is 0 Å². The van der Waals surface area contributed by atoms with E-state index in [1.54, 1.807) is 24.3 Å². The molecule has 134 valence electrons. The van der Waals surface area contributed by atoms with Crippen LogP contribution in [0, 0.1) is 6.92 Å². The SMILES string of the molecule is CCC1(c2ccc(NC(=O)c3ccc(C)nc3)cc2)CCC(=O)NC1=O. The summed E-state index contributed by atoms with van der Waals surface area (Å²) in [6.07, 6.45) is 2.97. The molecule has 1 atom stereocenters. The molecule has 1 unspecified atom stereocenters. The lowest BCUT2D eigenvalue weighted by atomic mass is 9.72. The van der Waals surface area contributed by atoms with Gasteiger partial charge in [-0.25, -0.2) is 0 Å². The Morgan fingerprint density at radius 1 is 1.19 bits per heavy atom. The van der Waals surface area contributed by atoms with Crippen LogP contribution < -0.4 is 10.6 Å². The molecule has 6 heteroatoms. The van der Waals surface area contributed by atoms with Crippen molar-refractivity contribution in [2.24, 2.45) is 0 Å². The summed E-state index contributed by atoms with van der Waals surface area (Å²) < 4.78 is 0. The molecule has 1 aromatic heterocycles. The minimum atomic E-state index is -0.697. The zero-order valence-electron chi connectivity index (χ0n) is 14.8. The third kappa shape index (κ3) is 3.35. The highest BCUT2D eigenvalue weighted by Gasteiger charge is 2.42. The van der Waals surface area contributed by atoms with Crippen molar-refractivity contribution in [2.75, 3.05) is 5.32 Å². The number of carbonyl (C=O) groups is 3. The van der Waals surface area contributed by atoms with Crippen LogP contribution in [0.25, 0.3) is 0 Å². The Morgan fingerprint density at radius 3 is 2.50 bits per heavy atom. The molecule has 2 heterocycles. The van der Waals surface area contributed by atoms with Gasteiger partial charge in [0, 0.05) is 24.0 Å². The Bertz CT molecular complexity index is 844.